The van der Waals surface area contributed by atoms with Crippen molar-refractivity contribution in [2.75, 3.05) is 5.32 Å². The number of rotatable bonds is 4. The number of benzene rings is 2. The monoisotopic (exact) mass is 371 g/mol. The number of nitrogens with zero attached hydrogens (tertiary/aromatic N) is 4. The number of fused-ring (bicyclic) bond motifs is 1. The number of amides is 1. The minimum atomic E-state index is -0.241. The third-order valence-electron chi connectivity index (χ3n) is 4.78. The normalized spacial score (nSPS) is 11.4. The van der Waals surface area contributed by atoms with Gasteiger partial charge in [0.2, 0.25) is 5.95 Å². The quantitative estimate of drug-likeness (QED) is 0.551. The summed E-state index contributed by atoms with van der Waals surface area (Å²) in [6.45, 7) is 3.91. The second kappa shape index (κ2) is 7.15. The highest BCUT2D eigenvalue weighted by Gasteiger charge is 2.14. The van der Waals surface area contributed by atoms with Gasteiger partial charge in [-0.3, -0.25) is 19.4 Å². The van der Waals surface area contributed by atoms with Gasteiger partial charge in [-0.2, -0.15) is 5.10 Å². The molecule has 0 saturated heterocycles. The predicted molar refractivity (Wildman–Crippen MR) is 111 cm³/mol. The van der Waals surface area contributed by atoms with Gasteiger partial charge in [-0.05, 0) is 44.2 Å². The van der Waals surface area contributed by atoms with Crippen LogP contribution in [-0.4, -0.2) is 25.2 Å². The van der Waals surface area contributed by atoms with Crippen LogP contribution in [0.4, 0.5) is 5.95 Å². The van der Waals surface area contributed by atoms with Gasteiger partial charge in [0.1, 0.15) is 0 Å². The lowest BCUT2D eigenvalue weighted by Crippen LogP contribution is -2.12. The number of hydrogen-bond donors (Lipinski definition) is 1. The van der Waals surface area contributed by atoms with Crippen molar-refractivity contribution in [3.63, 3.8) is 0 Å². The molecule has 0 spiro atoms. The van der Waals surface area contributed by atoms with Crippen LogP contribution in [0.3, 0.4) is 0 Å². The standard InChI is InChI=1S/C22H21N5O/c1-15-18(16(2)26(3)25-15)13-14-21(28)24-22-23-19-11-7-8-12-20(19)27(22)17-9-5-4-6-10-17/h4-14H,1-3H3,(H,23,24,28)/b14-13+. The van der Waals surface area contributed by atoms with Crippen LogP contribution in [0, 0.1) is 13.8 Å². The van der Waals surface area contributed by atoms with Gasteiger partial charge in [0.05, 0.1) is 16.7 Å². The molecule has 0 unspecified atom stereocenters. The van der Waals surface area contributed by atoms with Gasteiger partial charge >= 0.3 is 0 Å². The summed E-state index contributed by atoms with van der Waals surface area (Å²) in [6, 6.07) is 17.7. The summed E-state index contributed by atoms with van der Waals surface area (Å²) in [6.07, 6.45) is 3.31. The van der Waals surface area contributed by atoms with E-state index in [1.807, 2.05) is 84.7 Å². The van der Waals surface area contributed by atoms with Crippen molar-refractivity contribution >= 4 is 29.0 Å². The van der Waals surface area contributed by atoms with Gasteiger partial charge in [-0.15, -0.1) is 0 Å². The Bertz CT molecular complexity index is 1180. The molecule has 0 radical (unpaired) electrons. The number of imidazole rings is 1. The number of hydrogen-bond acceptors (Lipinski definition) is 3. The van der Waals surface area contributed by atoms with E-state index < -0.39 is 0 Å². The lowest BCUT2D eigenvalue weighted by Gasteiger charge is -2.09. The highest BCUT2D eigenvalue weighted by atomic mass is 16.1. The topological polar surface area (TPSA) is 64.7 Å². The number of aryl methyl sites for hydroxylation is 2. The third kappa shape index (κ3) is 3.20. The molecule has 28 heavy (non-hydrogen) atoms. The zero-order valence-corrected chi connectivity index (χ0v) is 16.0. The molecule has 0 fully saturated rings. The molecule has 4 rings (SSSR count). The Morgan fingerprint density at radius 3 is 2.46 bits per heavy atom. The second-order valence-electron chi connectivity index (χ2n) is 6.63. The second-order valence-corrected chi connectivity index (χ2v) is 6.63. The number of aromatic nitrogens is 4. The van der Waals surface area contributed by atoms with Crippen LogP contribution in [-0.2, 0) is 11.8 Å². The van der Waals surface area contributed by atoms with Crippen molar-refractivity contribution < 1.29 is 4.79 Å². The van der Waals surface area contributed by atoms with Crippen molar-refractivity contribution in [1.29, 1.82) is 0 Å². The van der Waals surface area contributed by atoms with Crippen LogP contribution in [0.5, 0.6) is 0 Å². The Balaban J connectivity index is 1.68. The van der Waals surface area contributed by atoms with Crippen LogP contribution in [0.2, 0.25) is 0 Å². The Kier molecular flexibility index (Phi) is 4.53. The van der Waals surface area contributed by atoms with E-state index in [4.69, 9.17) is 0 Å². The maximum Gasteiger partial charge on any atom is 0.250 e. The zero-order valence-electron chi connectivity index (χ0n) is 16.0. The molecule has 1 N–H and O–H groups in total. The molecule has 2 aromatic heterocycles. The van der Waals surface area contributed by atoms with E-state index in [1.54, 1.807) is 6.08 Å². The van der Waals surface area contributed by atoms with Crippen molar-refractivity contribution in [1.82, 2.24) is 19.3 Å². The molecule has 0 atom stereocenters. The van der Waals surface area contributed by atoms with E-state index in [-0.39, 0.29) is 5.91 Å². The van der Waals surface area contributed by atoms with Crippen molar-refractivity contribution in [2.45, 2.75) is 13.8 Å². The molecule has 0 saturated carbocycles. The van der Waals surface area contributed by atoms with Crippen LogP contribution in [0.25, 0.3) is 22.8 Å². The molecule has 4 aromatic rings. The summed E-state index contributed by atoms with van der Waals surface area (Å²) in [5, 5.41) is 7.29. The summed E-state index contributed by atoms with van der Waals surface area (Å²) in [5.41, 5.74) is 5.55. The van der Waals surface area contributed by atoms with E-state index in [2.05, 4.69) is 15.4 Å². The third-order valence-corrected chi connectivity index (χ3v) is 4.78. The van der Waals surface area contributed by atoms with E-state index in [0.717, 1.165) is 33.7 Å². The largest absolute Gasteiger partial charge is 0.292 e. The first-order chi connectivity index (χ1) is 13.5. The molecule has 2 aromatic carbocycles. The Morgan fingerprint density at radius 2 is 1.75 bits per heavy atom. The van der Waals surface area contributed by atoms with Crippen molar-refractivity contribution in [3.05, 3.63) is 77.6 Å². The summed E-state index contributed by atoms with van der Waals surface area (Å²) < 4.78 is 3.75. The van der Waals surface area contributed by atoms with E-state index >= 15 is 0 Å². The Labute approximate surface area is 163 Å². The molecule has 6 heteroatoms. The summed E-state index contributed by atoms with van der Waals surface area (Å²) in [7, 11) is 1.89. The highest BCUT2D eigenvalue weighted by molar-refractivity contribution is 6.02. The molecule has 1 amide bonds. The summed E-state index contributed by atoms with van der Waals surface area (Å²) in [5.74, 6) is 0.247. The SMILES string of the molecule is Cc1nn(C)c(C)c1/C=C/C(=O)Nc1nc2ccccc2n1-c1ccccc1. The fourth-order valence-corrected chi connectivity index (χ4v) is 3.29. The first kappa shape index (κ1) is 17.7. The lowest BCUT2D eigenvalue weighted by molar-refractivity contribution is -0.111. The smallest absolute Gasteiger partial charge is 0.250 e. The number of para-hydroxylation sites is 3. The fraction of sp³-hybridized carbons (Fsp3) is 0.136. The first-order valence-electron chi connectivity index (χ1n) is 9.07. The highest BCUT2D eigenvalue weighted by Crippen LogP contribution is 2.24. The summed E-state index contributed by atoms with van der Waals surface area (Å²) >= 11 is 0. The number of nitrogens with one attached hydrogen (secondary N) is 1. The van der Waals surface area contributed by atoms with Gasteiger partial charge in [0.15, 0.2) is 0 Å². The van der Waals surface area contributed by atoms with E-state index in [9.17, 15) is 4.79 Å². The fourth-order valence-electron chi connectivity index (χ4n) is 3.29. The maximum absolute atomic E-state index is 12.6. The minimum Gasteiger partial charge on any atom is -0.292 e. The molecule has 6 nitrogen and oxygen atoms in total. The van der Waals surface area contributed by atoms with Crippen LogP contribution in [0.1, 0.15) is 17.0 Å². The molecule has 140 valence electrons. The maximum atomic E-state index is 12.6. The number of carbonyl (C=O) groups is 1. The number of anilines is 1. The van der Waals surface area contributed by atoms with E-state index in [0.29, 0.717) is 5.95 Å². The molecule has 0 bridgehead atoms. The Morgan fingerprint density at radius 1 is 1.04 bits per heavy atom. The van der Waals surface area contributed by atoms with Crippen LogP contribution in [0.15, 0.2) is 60.7 Å². The molecule has 2 heterocycles. The molecule has 0 aliphatic rings. The van der Waals surface area contributed by atoms with Gasteiger partial charge in [0, 0.05) is 30.1 Å². The lowest BCUT2D eigenvalue weighted by atomic mass is 10.2. The van der Waals surface area contributed by atoms with Gasteiger partial charge in [-0.1, -0.05) is 30.3 Å². The molecular weight excluding hydrogens is 350 g/mol. The van der Waals surface area contributed by atoms with Gasteiger partial charge in [0.25, 0.3) is 5.91 Å². The molecular formula is C22H21N5O. The molecule has 0 aliphatic heterocycles. The molecule has 0 aliphatic carbocycles. The van der Waals surface area contributed by atoms with Gasteiger partial charge in [-0.25, -0.2) is 4.98 Å². The van der Waals surface area contributed by atoms with Crippen molar-refractivity contribution in [2.24, 2.45) is 7.05 Å². The van der Waals surface area contributed by atoms with E-state index in [1.165, 1.54) is 6.08 Å². The van der Waals surface area contributed by atoms with Crippen LogP contribution < -0.4 is 5.32 Å². The number of carbonyl (C=O) groups excluding carboxylic acids is 1. The minimum absolute atomic E-state index is 0.241. The van der Waals surface area contributed by atoms with Crippen LogP contribution >= 0.6 is 0 Å². The average Bonchev–Trinajstić information content (AvgIpc) is 3.17. The average molecular weight is 371 g/mol. The first-order valence-corrected chi connectivity index (χ1v) is 9.07. The zero-order chi connectivity index (χ0) is 19.7. The predicted octanol–water partition coefficient (Wildman–Crippen LogP) is 4.03. The van der Waals surface area contributed by atoms with Gasteiger partial charge < -0.3 is 0 Å². The van der Waals surface area contributed by atoms with Crippen molar-refractivity contribution in [3.8, 4) is 5.69 Å². The Hall–Kier alpha value is -3.67. The summed E-state index contributed by atoms with van der Waals surface area (Å²) in [4.78, 5) is 17.2.